The largest absolute Gasteiger partial charge is 0.481 e. The minimum Gasteiger partial charge on any atom is -0.481 e. The van der Waals surface area contributed by atoms with Gasteiger partial charge >= 0.3 is 5.97 Å². The first kappa shape index (κ1) is 17.1. The number of para-hydroxylation sites is 2. The molecule has 136 valence electrons. The molecule has 0 amide bonds. The molecule has 5 heteroatoms. The number of benzene rings is 2. The van der Waals surface area contributed by atoms with Crippen LogP contribution in [0.4, 0.5) is 0 Å². The van der Waals surface area contributed by atoms with Crippen molar-refractivity contribution in [1.29, 1.82) is 0 Å². The molecule has 0 bridgehead atoms. The van der Waals surface area contributed by atoms with Gasteiger partial charge in [-0.15, -0.1) is 0 Å². The molecule has 0 spiro atoms. The summed E-state index contributed by atoms with van der Waals surface area (Å²) in [5.74, 6) is -2.06. The number of Topliss-reactive ketones (excluding diaryl/α,β-unsaturated/α-hetero) is 1. The average molecular weight is 360 g/mol. The van der Waals surface area contributed by atoms with Crippen LogP contribution in [0, 0.1) is 13.8 Å². The number of rotatable bonds is 5. The lowest BCUT2D eigenvalue weighted by Crippen LogP contribution is -2.17. The SMILES string of the molecule is Cc1[nH]c2ccccc2c1C(=O)CC(C(=O)O)c1c(C)[nH]c2ccccc12. The van der Waals surface area contributed by atoms with Crippen LogP contribution in [0.5, 0.6) is 0 Å². The third kappa shape index (κ3) is 2.81. The normalized spacial score (nSPS) is 12.5. The van der Waals surface area contributed by atoms with Crippen molar-refractivity contribution in [3.8, 4) is 0 Å². The van der Waals surface area contributed by atoms with E-state index in [0.717, 1.165) is 33.2 Å². The number of aliphatic carboxylic acids is 1. The highest BCUT2D eigenvalue weighted by atomic mass is 16.4. The van der Waals surface area contributed by atoms with Gasteiger partial charge in [0.05, 0.1) is 5.92 Å². The van der Waals surface area contributed by atoms with Crippen molar-refractivity contribution in [2.75, 3.05) is 0 Å². The Labute approximate surface area is 156 Å². The Balaban J connectivity index is 1.78. The van der Waals surface area contributed by atoms with Crippen LogP contribution in [0.1, 0.15) is 39.6 Å². The van der Waals surface area contributed by atoms with E-state index < -0.39 is 11.9 Å². The van der Waals surface area contributed by atoms with Crippen molar-refractivity contribution in [3.63, 3.8) is 0 Å². The van der Waals surface area contributed by atoms with Crippen LogP contribution in [-0.2, 0) is 4.79 Å². The zero-order chi connectivity index (χ0) is 19.1. The summed E-state index contributed by atoms with van der Waals surface area (Å²) in [6.45, 7) is 3.70. The van der Waals surface area contributed by atoms with E-state index in [0.29, 0.717) is 11.1 Å². The lowest BCUT2D eigenvalue weighted by Gasteiger charge is -2.13. The van der Waals surface area contributed by atoms with Gasteiger partial charge in [-0.1, -0.05) is 36.4 Å². The summed E-state index contributed by atoms with van der Waals surface area (Å²) < 4.78 is 0. The van der Waals surface area contributed by atoms with Gasteiger partial charge in [0.15, 0.2) is 5.78 Å². The Kier molecular flexibility index (Phi) is 4.07. The zero-order valence-corrected chi connectivity index (χ0v) is 15.2. The van der Waals surface area contributed by atoms with Gasteiger partial charge < -0.3 is 15.1 Å². The van der Waals surface area contributed by atoms with Crippen molar-refractivity contribution in [3.05, 3.63) is 71.0 Å². The second-order valence-electron chi connectivity index (χ2n) is 6.90. The van der Waals surface area contributed by atoms with Crippen LogP contribution in [-0.4, -0.2) is 26.8 Å². The van der Waals surface area contributed by atoms with E-state index in [1.54, 1.807) is 0 Å². The summed E-state index contributed by atoms with van der Waals surface area (Å²) in [6.07, 6.45) is -0.0826. The molecule has 0 fully saturated rings. The monoisotopic (exact) mass is 360 g/mol. The third-order valence-electron chi connectivity index (χ3n) is 5.15. The maximum atomic E-state index is 13.1. The number of ketones is 1. The topological polar surface area (TPSA) is 85.9 Å². The summed E-state index contributed by atoms with van der Waals surface area (Å²) >= 11 is 0. The van der Waals surface area contributed by atoms with Crippen LogP contribution in [0.15, 0.2) is 48.5 Å². The number of hydrogen-bond donors (Lipinski definition) is 3. The molecule has 0 aliphatic heterocycles. The van der Waals surface area contributed by atoms with Crippen molar-refractivity contribution in [2.45, 2.75) is 26.2 Å². The van der Waals surface area contributed by atoms with Gasteiger partial charge in [-0.3, -0.25) is 9.59 Å². The standard InChI is InChI=1S/C22H20N2O3/c1-12-20(14-7-3-5-9-17(14)23-12)16(22(26)27)11-19(25)21-13(2)24-18-10-6-4-8-15(18)21/h3-10,16,23-24H,11H2,1-2H3,(H,26,27). The van der Waals surface area contributed by atoms with Crippen molar-refractivity contribution in [1.82, 2.24) is 9.97 Å². The molecule has 0 aliphatic carbocycles. The first-order chi connectivity index (χ1) is 13.0. The number of aryl methyl sites for hydroxylation is 2. The number of carboxylic acid groups (broad SMARTS) is 1. The number of aromatic amines is 2. The molecule has 1 atom stereocenters. The third-order valence-corrected chi connectivity index (χ3v) is 5.15. The van der Waals surface area contributed by atoms with Crippen LogP contribution >= 0.6 is 0 Å². The van der Waals surface area contributed by atoms with E-state index in [9.17, 15) is 14.7 Å². The fraction of sp³-hybridized carbons (Fsp3) is 0.182. The summed E-state index contributed by atoms with van der Waals surface area (Å²) in [5.41, 5.74) is 4.58. The Morgan fingerprint density at radius 1 is 0.889 bits per heavy atom. The highest BCUT2D eigenvalue weighted by Gasteiger charge is 2.29. The number of carboxylic acids is 1. The molecule has 2 heterocycles. The highest BCUT2D eigenvalue weighted by molar-refractivity contribution is 6.10. The van der Waals surface area contributed by atoms with E-state index in [4.69, 9.17) is 0 Å². The molecule has 3 N–H and O–H groups in total. The molecule has 5 nitrogen and oxygen atoms in total. The van der Waals surface area contributed by atoms with Gasteiger partial charge in [-0.05, 0) is 31.5 Å². The molecule has 0 radical (unpaired) electrons. The summed E-state index contributed by atoms with van der Waals surface area (Å²) in [4.78, 5) is 31.6. The van der Waals surface area contributed by atoms with Gasteiger partial charge in [-0.2, -0.15) is 0 Å². The smallest absolute Gasteiger partial charge is 0.311 e. The van der Waals surface area contributed by atoms with Crippen LogP contribution < -0.4 is 0 Å². The number of carbonyl (C=O) groups is 2. The molecule has 2 aromatic heterocycles. The fourth-order valence-electron chi connectivity index (χ4n) is 3.98. The molecule has 27 heavy (non-hydrogen) atoms. The second-order valence-corrected chi connectivity index (χ2v) is 6.90. The van der Waals surface area contributed by atoms with Crippen LogP contribution in [0.25, 0.3) is 21.8 Å². The van der Waals surface area contributed by atoms with Gasteiger partial charge in [0.25, 0.3) is 0 Å². The van der Waals surface area contributed by atoms with Gasteiger partial charge in [0.2, 0.25) is 0 Å². The van der Waals surface area contributed by atoms with Crippen molar-refractivity contribution < 1.29 is 14.7 Å². The van der Waals surface area contributed by atoms with Gasteiger partial charge in [0, 0.05) is 45.2 Å². The van der Waals surface area contributed by atoms with E-state index in [-0.39, 0.29) is 12.2 Å². The van der Waals surface area contributed by atoms with Crippen molar-refractivity contribution in [2.24, 2.45) is 0 Å². The second kappa shape index (κ2) is 6.43. The molecule has 0 saturated carbocycles. The Morgan fingerprint density at radius 2 is 1.44 bits per heavy atom. The molecular weight excluding hydrogens is 340 g/mol. The summed E-state index contributed by atoms with van der Waals surface area (Å²) in [5, 5.41) is 11.6. The quantitative estimate of drug-likeness (QED) is 0.451. The molecule has 4 rings (SSSR count). The molecule has 2 aromatic carbocycles. The highest BCUT2D eigenvalue weighted by Crippen LogP contribution is 2.33. The average Bonchev–Trinajstić information content (AvgIpc) is 3.14. The first-order valence-electron chi connectivity index (χ1n) is 8.88. The molecular formula is C22H20N2O3. The number of hydrogen-bond acceptors (Lipinski definition) is 2. The fourth-order valence-corrected chi connectivity index (χ4v) is 3.98. The summed E-state index contributed by atoms with van der Waals surface area (Å²) in [7, 11) is 0. The number of nitrogens with one attached hydrogen (secondary N) is 2. The number of fused-ring (bicyclic) bond motifs is 2. The maximum absolute atomic E-state index is 13.1. The van der Waals surface area contributed by atoms with E-state index in [2.05, 4.69) is 9.97 Å². The summed E-state index contributed by atoms with van der Waals surface area (Å²) in [6, 6.07) is 15.2. The van der Waals surface area contributed by atoms with Gasteiger partial charge in [-0.25, -0.2) is 0 Å². The van der Waals surface area contributed by atoms with Gasteiger partial charge in [0.1, 0.15) is 0 Å². The molecule has 4 aromatic rings. The molecule has 0 saturated heterocycles. The van der Waals surface area contributed by atoms with E-state index in [1.807, 2.05) is 62.4 Å². The predicted molar refractivity (Wildman–Crippen MR) is 105 cm³/mol. The van der Waals surface area contributed by atoms with E-state index >= 15 is 0 Å². The van der Waals surface area contributed by atoms with E-state index in [1.165, 1.54) is 0 Å². The first-order valence-corrected chi connectivity index (χ1v) is 8.88. The lowest BCUT2D eigenvalue weighted by molar-refractivity contribution is -0.138. The Morgan fingerprint density at radius 3 is 2.11 bits per heavy atom. The molecule has 0 aliphatic rings. The van der Waals surface area contributed by atoms with Crippen LogP contribution in [0.2, 0.25) is 0 Å². The minimum absolute atomic E-state index is 0.0826. The predicted octanol–water partition coefficient (Wildman–Crippen LogP) is 4.71. The lowest BCUT2D eigenvalue weighted by atomic mass is 9.89. The minimum atomic E-state index is -0.992. The zero-order valence-electron chi connectivity index (χ0n) is 15.2. The maximum Gasteiger partial charge on any atom is 0.311 e. The number of aromatic nitrogens is 2. The molecule has 1 unspecified atom stereocenters. The van der Waals surface area contributed by atoms with Crippen molar-refractivity contribution >= 4 is 33.6 Å². The Bertz CT molecular complexity index is 1180. The number of carbonyl (C=O) groups excluding carboxylic acids is 1. The Hall–Kier alpha value is -3.34. The van der Waals surface area contributed by atoms with Crippen LogP contribution in [0.3, 0.4) is 0 Å². The number of H-pyrrole nitrogens is 2.